The number of hydrogen-bond donors (Lipinski definition) is 0. The van der Waals surface area contributed by atoms with E-state index in [0.29, 0.717) is 0 Å². The molecule has 0 unspecified atom stereocenters. The van der Waals surface area contributed by atoms with Gasteiger partial charge in [0.15, 0.2) is 5.58 Å². The molecule has 0 N–H and O–H groups in total. The van der Waals surface area contributed by atoms with Crippen LogP contribution >= 0.6 is 0 Å². The van der Waals surface area contributed by atoms with E-state index in [2.05, 4.69) is 175 Å². The lowest BCUT2D eigenvalue weighted by Crippen LogP contribution is -2.14. The van der Waals surface area contributed by atoms with Crippen LogP contribution in [0.4, 0.5) is 5.69 Å². The second kappa shape index (κ2) is 12.1. The Hall–Kier alpha value is -7.23. The summed E-state index contributed by atoms with van der Waals surface area (Å²) >= 11 is 0. The molecule has 0 amide bonds. The van der Waals surface area contributed by atoms with E-state index >= 15 is 0 Å². The van der Waals surface area contributed by atoms with Crippen molar-refractivity contribution in [1.29, 1.82) is 0 Å². The Bertz CT molecular complexity index is 3600. The molecule has 11 aromatic rings. The summed E-state index contributed by atoms with van der Waals surface area (Å²) in [6.07, 6.45) is 6.57. The van der Waals surface area contributed by atoms with Gasteiger partial charge in [-0.3, -0.25) is 4.57 Å². The van der Waals surface area contributed by atoms with Gasteiger partial charge < -0.3 is 4.42 Å². The number of furan rings is 1. The van der Waals surface area contributed by atoms with E-state index in [1.807, 2.05) is 0 Å². The third kappa shape index (κ3) is 4.57. The Morgan fingerprint density at radius 2 is 1.23 bits per heavy atom. The highest BCUT2D eigenvalue weighted by Gasteiger charge is 2.28. The van der Waals surface area contributed by atoms with Crippen molar-refractivity contribution in [3.05, 3.63) is 187 Å². The van der Waals surface area contributed by atoms with Gasteiger partial charge >= 0.3 is 0 Å². The minimum atomic E-state index is 0.776. The van der Waals surface area contributed by atoms with Crippen molar-refractivity contribution in [3.8, 4) is 0 Å². The molecule has 9 aromatic carbocycles. The van der Waals surface area contributed by atoms with Gasteiger partial charge in [-0.2, -0.15) is 0 Å². The summed E-state index contributed by atoms with van der Waals surface area (Å²) in [6.45, 7) is 7.01. The van der Waals surface area contributed by atoms with Gasteiger partial charge in [-0.15, -0.1) is 0 Å². The molecule has 2 aromatic heterocycles. The highest BCUT2D eigenvalue weighted by atomic mass is 16.3. The zero-order valence-corrected chi connectivity index (χ0v) is 31.5. The predicted molar refractivity (Wildman–Crippen MR) is 243 cm³/mol. The smallest absolute Gasteiger partial charge is 0.160 e. The molecule has 1 aliphatic rings. The minimum Gasteiger partial charge on any atom is -0.453 e. The van der Waals surface area contributed by atoms with Gasteiger partial charge in [0.25, 0.3) is 0 Å². The molecule has 1 aliphatic carbocycles. The SMILES string of the molecule is C=C(/C(=N\c1cc2c3ccccc3c3ccccc3c2cc1C)n1c2ccccc2c2c3c(c4c5ccc6ccccc6c5oc4c21)C=CCC3)c1ccccc1. The highest BCUT2D eigenvalue weighted by Crippen LogP contribution is 2.47. The number of aliphatic imine (C=N–C) groups is 1. The van der Waals surface area contributed by atoms with Crippen molar-refractivity contribution in [3.63, 3.8) is 0 Å². The first-order valence-electron chi connectivity index (χ1n) is 19.8. The Morgan fingerprint density at radius 3 is 1.98 bits per heavy atom. The molecule has 0 radical (unpaired) electrons. The molecular weight excluding hydrogens is 693 g/mol. The van der Waals surface area contributed by atoms with Crippen LogP contribution in [-0.4, -0.2) is 10.4 Å². The topological polar surface area (TPSA) is 30.4 Å². The standard InChI is InChI=1S/C54H36N2O/c1-32-30-45-39-22-10-8-20-37(39)38-21-9-11-23-40(38)46(45)31-47(32)55-54(33(2)34-16-4-3-5-17-34)56-48-27-15-14-26-43(48)49-41-24-12-13-25-42(41)50-44-29-28-35-18-6-7-19-36(35)52(44)57-53(50)51(49)56/h3-11,13-23,25-31H,2,12,24H2,1H3/b55-54+. The van der Waals surface area contributed by atoms with Gasteiger partial charge in [0.05, 0.1) is 16.7 Å². The van der Waals surface area contributed by atoms with E-state index < -0.39 is 0 Å². The van der Waals surface area contributed by atoms with Crippen LogP contribution in [0.2, 0.25) is 0 Å². The number of para-hydroxylation sites is 1. The number of nitrogens with zero attached hydrogens (tertiary/aromatic N) is 2. The summed E-state index contributed by atoms with van der Waals surface area (Å²) in [4.78, 5) is 5.76. The lowest BCUT2D eigenvalue weighted by molar-refractivity contribution is 0.675. The second-order valence-electron chi connectivity index (χ2n) is 15.4. The molecule has 3 heteroatoms. The zero-order chi connectivity index (χ0) is 37.8. The van der Waals surface area contributed by atoms with Crippen LogP contribution < -0.4 is 0 Å². The van der Waals surface area contributed by atoms with Crippen molar-refractivity contribution < 1.29 is 4.42 Å². The Kier molecular flexibility index (Phi) is 6.82. The van der Waals surface area contributed by atoms with E-state index in [1.54, 1.807) is 0 Å². The van der Waals surface area contributed by atoms with Crippen LogP contribution in [0, 0.1) is 6.92 Å². The molecular formula is C54H36N2O. The average molecular weight is 729 g/mol. The molecule has 3 nitrogen and oxygen atoms in total. The molecule has 12 rings (SSSR count). The van der Waals surface area contributed by atoms with Crippen LogP contribution in [0.15, 0.2) is 174 Å². The Balaban J connectivity index is 1.25. The maximum absolute atomic E-state index is 7.23. The van der Waals surface area contributed by atoms with Gasteiger partial charge in [0.2, 0.25) is 0 Å². The first kappa shape index (κ1) is 32.1. The van der Waals surface area contributed by atoms with Crippen LogP contribution in [-0.2, 0) is 6.42 Å². The van der Waals surface area contributed by atoms with Crippen molar-refractivity contribution in [2.75, 3.05) is 0 Å². The molecule has 0 atom stereocenters. The van der Waals surface area contributed by atoms with Gasteiger partial charge in [0.1, 0.15) is 11.4 Å². The summed E-state index contributed by atoms with van der Waals surface area (Å²) in [6, 6.07) is 54.4. The van der Waals surface area contributed by atoms with Gasteiger partial charge in [0, 0.05) is 32.5 Å². The third-order valence-electron chi connectivity index (χ3n) is 12.3. The molecule has 0 saturated carbocycles. The monoisotopic (exact) mass is 728 g/mol. The molecule has 0 saturated heterocycles. The van der Waals surface area contributed by atoms with Gasteiger partial charge in [-0.1, -0.05) is 146 Å². The van der Waals surface area contributed by atoms with E-state index in [1.165, 1.54) is 54.2 Å². The Labute approximate surface area is 329 Å². The van der Waals surface area contributed by atoms with Crippen molar-refractivity contribution in [2.45, 2.75) is 19.8 Å². The van der Waals surface area contributed by atoms with Crippen LogP contribution in [0.3, 0.4) is 0 Å². The summed E-state index contributed by atoms with van der Waals surface area (Å²) in [5.74, 6) is 0.776. The summed E-state index contributed by atoms with van der Waals surface area (Å²) in [7, 11) is 0. The van der Waals surface area contributed by atoms with Crippen molar-refractivity contribution >= 4 is 110 Å². The highest BCUT2D eigenvalue weighted by molar-refractivity contribution is 6.34. The van der Waals surface area contributed by atoms with Gasteiger partial charge in [-0.05, 0) is 104 Å². The fourth-order valence-corrected chi connectivity index (χ4v) is 9.70. The van der Waals surface area contributed by atoms with Crippen molar-refractivity contribution in [2.24, 2.45) is 4.99 Å². The van der Waals surface area contributed by atoms with E-state index in [9.17, 15) is 0 Å². The molecule has 0 bridgehead atoms. The number of fused-ring (bicyclic) bond motifs is 18. The number of benzene rings is 9. The lowest BCUT2D eigenvalue weighted by Gasteiger charge is -2.18. The van der Waals surface area contributed by atoms with Crippen molar-refractivity contribution in [1.82, 2.24) is 4.57 Å². The maximum Gasteiger partial charge on any atom is 0.160 e. The molecule has 268 valence electrons. The normalized spacial score (nSPS) is 13.3. The van der Waals surface area contributed by atoms with Gasteiger partial charge in [-0.25, -0.2) is 4.99 Å². The third-order valence-corrected chi connectivity index (χ3v) is 12.3. The summed E-state index contributed by atoms with van der Waals surface area (Å²) in [5, 5.41) is 14.4. The summed E-state index contributed by atoms with van der Waals surface area (Å²) < 4.78 is 9.59. The summed E-state index contributed by atoms with van der Waals surface area (Å²) in [5.41, 5.74) is 10.4. The molecule has 2 heterocycles. The fourth-order valence-electron chi connectivity index (χ4n) is 9.70. The van der Waals surface area contributed by atoms with Crippen LogP contribution in [0.1, 0.15) is 28.7 Å². The lowest BCUT2D eigenvalue weighted by atomic mass is 9.89. The number of aromatic nitrogens is 1. The largest absolute Gasteiger partial charge is 0.453 e. The van der Waals surface area contributed by atoms with Crippen LogP contribution in [0.5, 0.6) is 0 Å². The second-order valence-corrected chi connectivity index (χ2v) is 15.4. The molecule has 0 spiro atoms. The van der Waals surface area contributed by atoms with E-state index in [4.69, 9.17) is 16.0 Å². The van der Waals surface area contributed by atoms with Crippen LogP contribution in [0.25, 0.3) is 98.5 Å². The average Bonchev–Trinajstić information content (AvgIpc) is 3.83. The molecule has 57 heavy (non-hydrogen) atoms. The quantitative estimate of drug-likeness (QED) is 0.101. The van der Waals surface area contributed by atoms with E-state index in [0.717, 1.165) is 84.8 Å². The number of aryl methyl sites for hydroxylation is 2. The molecule has 0 aliphatic heterocycles. The minimum absolute atomic E-state index is 0.776. The fraction of sp³-hybridized carbons (Fsp3) is 0.0556. The molecule has 0 fully saturated rings. The number of hydrogen-bond acceptors (Lipinski definition) is 2. The zero-order valence-electron chi connectivity index (χ0n) is 31.5. The Morgan fingerprint density at radius 1 is 0.596 bits per heavy atom. The first-order chi connectivity index (χ1) is 28.1. The number of allylic oxidation sites excluding steroid dienone is 2. The first-order valence-corrected chi connectivity index (χ1v) is 19.8. The van der Waals surface area contributed by atoms with E-state index in [-0.39, 0.29) is 0 Å². The maximum atomic E-state index is 7.23. The predicted octanol–water partition coefficient (Wildman–Crippen LogP) is 14.9. The number of rotatable bonds is 3.